The van der Waals surface area contributed by atoms with Crippen LogP contribution in [0.4, 0.5) is 0 Å². The Labute approximate surface area is 336 Å². The van der Waals surface area contributed by atoms with E-state index in [2.05, 4.69) is 175 Å². The summed E-state index contributed by atoms with van der Waals surface area (Å²) < 4.78 is 0. The van der Waals surface area contributed by atoms with Crippen molar-refractivity contribution in [1.29, 1.82) is 0 Å². The van der Waals surface area contributed by atoms with Gasteiger partial charge in [-0.15, -0.1) is 0 Å². The minimum Gasteiger partial charge on any atom is -0.236 e. The Kier molecular flexibility index (Phi) is 8.09. The van der Waals surface area contributed by atoms with Crippen LogP contribution in [-0.4, -0.2) is 19.9 Å². The van der Waals surface area contributed by atoms with Gasteiger partial charge in [0.15, 0.2) is 11.6 Å². The fourth-order valence-electron chi connectivity index (χ4n) is 10.1. The Morgan fingerprint density at radius 3 is 1.18 bits per heavy atom. The highest BCUT2D eigenvalue weighted by atomic mass is 14.9. The Morgan fingerprint density at radius 1 is 0.439 bits per heavy atom. The molecular weight excluding hydrogens is 693 g/mol. The zero-order valence-electron chi connectivity index (χ0n) is 33.6. The molecule has 10 rings (SSSR count). The average molecular weight is 741 g/mol. The quantitative estimate of drug-likeness (QED) is 0.181. The molecule has 1 fully saturated rings. The molecule has 4 atom stereocenters. The first-order chi connectivity index (χ1) is 27.5. The van der Waals surface area contributed by atoms with Crippen molar-refractivity contribution < 1.29 is 0 Å². The molecule has 0 amide bonds. The number of hydrogen-bond donors (Lipinski definition) is 0. The van der Waals surface area contributed by atoms with Gasteiger partial charge >= 0.3 is 0 Å². The van der Waals surface area contributed by atoms with E-state index in [4.69, 9.17) is 19.9 Å². The topological polar surface area (TPSA) is 51.6 Å². The van der Waals surface area contributed by atoms with Gasteiger partial charge in [0.05, 0.1) is 0 Å². The fraction of sp³-hybridized carbons (Fsp3) is 0.245. The minimum absolute atomic E-state index is 0.100. The maximum absolute atomic E-state index is 4.90. The second-order valence-corrected chi connectivity index (χ2v) is 18.4. The number of rotatable bonds is 4. The molecule has 6 aromatic rings. The summed E-state index contributed by atoms with van der Waals surface area (Å²) in [6.45, 7) is 13.4. The monoisotopic (exact) mass is 740 g/mol. The zero-order chi connectivity index (χ0) is 39.1. The smallest absolute Gasteiger partial charge is 0.159 e. The standard InChI is InChI=1S/C53H48N4/c1-51(2,3)39-21-15-33(16-22-39)49-54-29-37(30-55-49)35-19-25-43-44-26-20-36(38-31-56-50(57-32-38)34-17-23-40(24-18-34)52(4,5)6)28-48(44)53(47(43)27-35)45-13-9-7-11-41(45)42-12-8-10-14-46(42)53/h7-32,43-44,47-48H,1-6H3. The van der Waals surface area contributed by atoms with E-state index >= 15 is 0 Å². The maximum Gasteiger partial charge on any atom is 0.159 e. The van der Waals surface area contributed by atoms with Crippen LogP contribution < -0.4 is 0 Å². The first-order valence-electron chi connectivity index (χ1n) is 20.4. The van der Waals surface area contributed by atoms with Crippen LogP contribution in [0.5, 0.6) is 0 Å². The highest BCUT2D eigenvalue weighted by Gasteiger charge is 2.62. The number of nitrogens with zero attached hydrogens (tertiary/aromatic N) is 4. The molecule has 2 heterocycles. The highest BCUT2D eigenvalue weighted by molar-refractivity contribution is 5.86. The lowest BCUT2D eigenvalue weighted by Gasteiger charge is -2.39. The van der Waals surface area contributed by atoms with E-state index < -0.39 is 0 Å². The summed E-state index contributed by atoms with van der Waals surface area (Å²) in [5.74, 6) is 2.58. The molecule has 4 nitrogen and oxygen atoms in total. The van der Waals surface area contributed by atoms with Crippen LogP contribution >= 0.6 is 0 Å². The summed E-state index contributed by atoms with van der Waals surface area (Å²) in [4.78, 5) is 19.6. The lowest BCUT2D eigenvalue weighted by molar-refractivity contribution is 0.372. The van der Waals surface area contributed by atoms with E-state index in [9.17, 15) is 0 Å². The normalized spacial score (nSPS) is 21.4. The molecule has 4 unspecified atom stereocenters. The fourth-order valence-corrected chi connectivity index (χ4v) is 10.1. The molecule has 0 bridgehead atoms. The molecule has 4 aliphatic carbocycles. The second-order valence-electron chi connectivity index (χ2n) is 18.4. The van der Waals surface area contributed by atoms with Crippen LogP contribution in [0.2, 0.25) is 0 Å². The van der Waals surface area contributed by atoms with Crippen molar-refractivity contribution in [2.75, 3.05) is 0 Å². The van der Waals surface area contributed by atoms with E-state index in [1.54, 1.807) is 0 Å². The van der Waals surface area contributed by atoms with Gasteiger partial charge in [0.2, 0.25) is 0 Å². The lowest BCUT2D eigenvalue weighted by Crippen LogP contribution is -2.37. The van der Waals surface area contributed by atoms with Gasteiger partial charge in [-0.3, -0.25) is 0 Å². The molecule has 280 valence electrons. The maximum atomic E-state index is 4.90. The van der Waals surface area contributed by atoms with E-state index in [1.807, 2.05) is 24.8 Å². The third-order valence-corrected chi connectivity index (χ3v) is 13.1. The molecule has 57 heavy (non-hydrogen) atoms. The number of aromatic nitrogens is 4. The Morgan fingerprint density at radius 2 is 0.807 bits per heavy atom. The van der Waals surface area contributed by atoms with Gasteiger partial charge in [-0.05, 0) is 79.0 Å². The SMILES string of the molecule is CC(C)(C)c1ccc(-c2ncc(C3=CC4C(C=C3)C3C=CC(c5cnc(-c6ccc(C(C)(C)C)cc6)nc5)=CC3C43c4ccccc4-c4ccccc43)cn2)cc1. The Balaban J connectivity index is 1.04. The Hall–Kier alpha value is -6.00. The molecule has 0 N–H and O–H groups in total. The van der Waals surface area contributed by atoms with Crippen molar-refractivity contribution in [2.24, 2.45) is 23.7 Å². The van der Waals surface area contributed by atoms with E-state index in [-0.39, 0.29) is 28.1 Å². The van der Waals surface area contributed by atoms with Gasteiger partial charge in [-0.1, -0.05) is 175 Å². The summed E-state index contributed by atoms with van der Waals surface area (Å²) in [7, 11) is 0. The summed E-state index contributed by atoms with van der Waals surface area (Å²) >= 11 is 0. The largest absolute Gasteiger partial charge is 0.236 e. The van der Waals surface area contributed by atoms with Crippen molar-refractivity contribution in [3.8, 4) is 33.9 Å². The van der Waals surface area contributed by atoms with Gasteiger partial charge < -0.3 is 0 Å². The molecule has 1 spiro atoms. The molecule has 0 radical (unpaired) electrons. The second kappa shape index (κ2) is 13.0. The molecule has 0 aliphatic heterocycles. The van der Waals surface area contributed by atoms with Crippen LogP contribution in [-0.2, 0) is 16.2 Å². The number of fused-ring (bicyclic) bond motifs is 10. The molecule has 4 aromatic carbocycles. The zero-order valence-corrected chi connectivity index (χ0v) is 33.6. The minimum atomic E-state index is -0.264. The number of hydrogen-bond acceptors (Lipinski definition) is 4. The van der Waals surface area contributed by atoms with Gasteiger partial charge in [-0.25, -0.2) is 19.9 Å². The molecule has 4 aliphatic rings. The summed E-state index contributed by atoms with van der Waals surface area (Å²) in [5, 5.41) is 0. The molecule has 1 saturated carbocycles. The third kappa shape index (κ3) is 5.71. The van der Waals surface area contributed by atoms with Crippen LogP contribution in [0, 0.1) is 23.7 Å². The number of benzene rings is 4. The van der Waals surface area contributed by atoms with Crippen LogP contribution in [0.3, 0.4) is 0 Å². The van der Waals surface area contributed by atoms with Crippen molar-refractivity contribution in [3.05, 3.63) is 192 Å². The van der Waals surface area contributed by atoms with Crippen molar-refractivity contribution >= 4 is 11.1 Å². The van der Waals surface area contributed by atoms with Gasteiger partial charge in [0.25, 0.3) is 0 Å². The van der Waals surface area contributed by atoms with Crippen LogP contribution in [0.15, 0.2) is 158 Å². The molecule has 2 aromatic heterocycles. The van der Waals surface area contributed by atoms with E-state index in [1.165, 1.54) is 44.5 Å². The van der Waals surface area contributed by atoms with E-state index in [0.29, 0.717) is 11.8 Å². The van der Waals surface area contributed by atoms with Gasteiger partial charge in [0.1, 0.15) is 0 Å². The lowest BCUT2D eigenvalue weighted by atomic mass is 9.62. The first kappa shape index (κ1) is 35.4. The predicted molar refractivity (Wildman–Crippen MR) is 233 cm³/mol. The van der Waals surface area contributed by atoms with Crippen molar-refractivity contribution in [3.63, 3.8) is 0 Å². The molecule has 4 heteroatoms. The predicted octanol–water partition coefficient (Wildman–Crippen LogP) is 12.2. The molecule has 0 saturated heterocycles. The third-order valence-electron chi connectivity index (χ3n) is 13.1. The van der Waals surface area contributed by atoms with E-state index in [0.717, 1.165) is 33.9 Å². The van der Waals surface area contributed by atoms with Crippen LogP contribution in [0.25, 0.3) is 45.0 Å². The summed E-state index contributed by atoms with van der Waals surface area (Å²) in [6, 6.07) is 35.6. The summed E-state index contributed by atoms with van der Waals surface area (Å²) in [5.41, 5.74) is 14.6. The summed E-state index contributed by atoms with van der Waals surface area (Å²) in [6.07, 6.45) is 22.7. The Bertz CT molecular complexity index is 2440. The number of allylic oxidation sites excluding steroid dienone is 8. The van der Waals surface area contributed by atoms with Gasteiger partial charge in [0, 0.05) is 52.5 Å². The van der Waals surface area contributed by atoms with Crippen molar-refractivity contribution in [2.45, 2.75) is 57.8 Å². The van der Waals surface area contributed by atoms with Crippen LogP contribution in [0.1, 0.15) is 74.9 Å². The first-order valence-corrected chi connectivity index (χ1v) is 20.4. The highest BCUT2D eigenvalue weighted by Crippen LogP contribution is 2.68. The average Bonchev–Trinajstić information content (AvgIpc) is 3.70. The van der Waals surface area contributed by atoms with Gasteiger partial charge in [-0.2, -0.15) is 0 Å². The molecular formula is C53H48N4. The van der Waals surface area contributed by atoms with Crippen molar-refractivity contribution in [1.82, 2.24) is 19.9 Å².